The van der Waals surface area contributed by atoms with Crippen molar-refractivity contribution in [2.24, 2.45) is 0 Å². The van der Waals surface area contributed by atoms with Gasteiger partial charge >= 0.3 is 0 Å². The van der Waals surface area contributed by atoms with Crippen LogP contribution in [0.4, 0.5) is 0 Å². The predicted molar refractivity (Wildman–Crippen MR) is 63.9 cm³/mol. The zero-order valence-electron chi connectivity index (χ0n) is 9.95. The molecule has 1 aliphatic rings. The number of methoxy groups -OCH3 is 1. The lowest BCUT2D eigenvalue weighted by atomic mass is 10.1. The molecule has 1 N–H and O–H groups in total. The van der Waals surface area contributed by atoms with Crippen molar-refractivity contribution in [3.05, 3.63) is 29.8 Å². The van der Waals surface area contributed by atoms with Crippen molar-refractivity contribution in [2.45, 2.75) is 18.9 Å². The molecule has 0 aromatic heterocycles. The lowest BCUT2D eigenvalue weighted by molar-refractivity contribution is -0.0282. The number of ether oxygens (including phenoxy) is 2. The highest BCUT2D eigenvalue weighted by Crippen LogP contribution is 2.21. The minimum atomic E-state index is -0.148. The molecule has 1 unspecified atom stereocenters. The average molecular weight is 221 g/mol. The van der Waals surface area contributed by atoms with Gasteiger partial charge in [0.05, 0.1) is 0 Å². The largest absolute Gasteiger partial charge is 0.491 e. The molecular formula is C13H19NO2. The quantitative estimate of drug-likeness (QED) is 0.840. The van der Waals surface area contributed by atoms with Crippen LogP contribution in [0.3, 0.4) is 0 Å². The van der Waals surface area contributed by atoms with E-state index in [1.807, 2.05) is 12.1 Å². The SMILES string of the molecule is COC1(COc2ccc(C)cc2)CCNC1. The second kappa shape index (κ2) is 4.85. The first-order valence-corrected chi connectivity index (χ1v) is 5.69. The highest BCUT2D eigenvalue weighted by molar-refractivity contribution is 5.26. The zero-order valence-corrected chi connectivity index (χ0v) is 9.95. The van der Waals surface area contributed by atoms with Gasteiger partial charge in [0.25, 0.3) is 0 Å². The van der Waals surface area contributed by atoms with Gasteiger partial charge in [0.1, 0.15) is 18.0 Å². The summed E-state index contributed by atoms with van der Waals surface area (Å²) in [5, 5.41) is 3.30. The van der Waals surface area contributed by atoms with Crippen LogP contribution in [-0.4, -0.2) is 32.4 Å². The van der Waals surface area contributed by atoms with Crippen molar-refractivity contribution in [1.82, 2.24) is 5.32 Å². The molecule has 1 aliphatic heterocycles. The number of hydrogen-bond donors (Lipinski definition) is 1. The van der Waals surface area contributed by atoms with Crippen LogP contribution in [0.5, 0.6) is 5.75 Å². The number of aryl methyl sites for hydroxylation is 1. The van der Waals surface area contributed by atoms with E-state index >= 15 is 0 Å². The van der Waals surface area contributed by atoms with Crippen molar-refractivity contribution in [3.8, 4) is 5.75 Å². The topological polar surface area (TPSA) is 30.5 Å². The van der Waals surface area contributed by atoms with E-state index < -0.39 is 0 Å². The van der Waals surface area contributed by atoms with E-state index in [2.05, 4.69) is 24.4 Å². The van der Waals surface area contributed by atoms with Crippen molar-refractivity contribution in [1.29, 1.82) is 0 Å². The van der Waals surface area contributed by atoms with Gasteiger partial charge in [-0.05, 0) is 32.0 Å². The van der Waals surface area contributed by atoms with E-state index in [1.165, 1.54) is 5.56 Å². The van der Waals surface area contributed by atoms with Gasteiger partial charge in [-0.3, -0.25) is 0 Å². The Kier molecular flexibility index (Phi) is 3.46. The first-order chi connectivity index (χ1) is 7.74. The maximum Gasteiger partial charge on any atom is 0.119 e. The summed E-state index contributed by atoms with van der Waals surface area (Å²) in [6.45, 7) is 4.56. The lowest BCUT2D eigenvalue weighted by Crippen LogP contribution is -2.40. The molecule has 1 atom stereocenters. The second-order valence-electron chi connectivity index (χ2n) is 4.42. The van der Waals surface area contributed by atoms with Crippen LogP contribution < -0.4 is 10.1 Å². The first-order valence-electron chi connectivity index (χ1n) is 5.69. The lowest BCUT2D eigenvalue weighted by Gasteiger charge is -2.26. The fourth-order valence-electron chi connectivity index (χ4n) is 1.93. The molecule has 16 heavy (non-hydrogen) atoms. The van der Waals surface area contributed by atoms with Gasteiger partial charge in [0.2, 0.25) is 0 Å². The molecule has 1 aromatic carbocycles. The number of hydrogen-bond acceptors (Lipinski definition) is 3. The molecule has 0 aliphatic carbocycles. The Balaban J connectivity index is 1.93. The van der Waals surface area contributed by atoms with E-state index in [9.17, 15) is 0 Å². The van der Waals surface area contributed by atoms with Gasteiger partial charge in [-0.1, -0.05) is 17.7 Å². The van der Waals surface area contributed by atoms with Crippen molar-refractivity contribution < 1.29 is 9.47 Å². The molecule has 1 fully saturated rings. The van der Waals surface area contributed by atoms with Crippen LogP contribution in [0.25, 0.3) is 0 Å². The standard InChI is InChI=1S/C13H19NO2/c1-11-3-5-12(6-4-11)16-10-13(15-2)7-8-14-9-13/h3-6,14H,7-10H2,1-2H3. The Morgan fingerprint density at radius 2 is 2.06 bits per heavy atom. The highest BCUT2D eigenvalue weighted by Gasteiger charge is 2.34. The molecule has 0 saturated carbocycles. The van der Waals surface area contributed by atoms with Crippen LogP contribution in [0.1, 0.15) is 12.0 Å². The van der Waals surface area contributed by atoms with E-state index in [0.717, 1.165) is 25.3 Å². The number of nitrogens with one attached hydrogen (secondary N) is 1. The average Bonchev–Trinajstić information content (AvgIpc) is 2.78. The van der Waals surface area contributed by atoms with Gasteiger partial charge in [0.15, 0.2) is 0 Å². The molecular weight excluding hydrogens is 202 g/mol. The Hall–Kier alpha value is -1.06. The van der Waals surface area contributed by atoms with E-state index in [4.69, 9.17) is 9.47 Å². The van der Waals surface area contributed by atoms with Crippen LogP contribution in [0, 0.1) is 6.92 Å². The van der Waals surface area contributed by atoms with Gasteiger partial charge < -0.3 is 14.8 Å². The molecule has 3 heteroatoms. The predicted octanol–water partition coefficient (Wildman–Crippen LogP) is 1.75. The van der Waals surface area contributed by atoms with Gasteiger partial charge in [-0.2, -0.15) is 0 Å². The minimum Gasteiger partial charge on any atom is -0.491 e. The normalized spacial score (nSPS) is 24.6. The molecule has 3 nitrogen and oxygen atoms in total. The van der Waals surface area contributed by atoms with Crippen molar-refractivity contribution in [2.75, 3.05) is 26.8 Å². The van der Waals surface area contributed by atoms with Crippen molar-refractivity contribution in [3.63, 3.8) is 0 Å². The Labute approximate surface area is 96.8 Å². The summed E-state index contributed by atoms with van der Waals surface area (Å²) in [7, 11) is 1.76. The van der Waals surface area contributed by atoms with E-state index in [1.54, 1.807) is 7.11 Å². The molecule has 0 bridgehead atoms. The molecule has 1 aromatic rings. The van der Waals surface area contributed by atoms with Gasteiger partial charge in [-0.25, -0.2) is 0 Å². The summed E-state index contributed by atoms with van der Waals surface area (Å²) in [6.07, 6.45) is 1.01. The summed E-state index contributed by atoms with van der Waals surface area (Å²) < 4.78 is 11.3. The molecule has 88 valence electrons. The fraction of sp³-hybridized carbons (Fsp3) is 0.538. The number of benzene rings is 1. The maximum absolute atomic E-state index is 5.77. The van der Waals surface area contributed by atoms with Crippen molar-refractivity contribution >= 4 is 0 Å². The zero-order chi connectivity index (χ0) is 11.4. The van der Waals surface area contributed by atoms with Gasteiger partial charge in [0, 0.05) is 13.7 Å². The maximum atomic E-state index is 5.77. The molecule has 0 radical (unpaired) electrons. The third-order valence-electron chi connectivity index (χ3n) is 3.16. The summed E-state index contributed by atoms with van der Waals surface area (Å²) in [5.41, 5.74) is 1.10. The van der Waals surface area contributed by atoms with Crippen LogP contribution >= 0.6 is 0 Å². The molecule has 0 spiro atoms. The monoisotopic (exact) mass is 221 g/mol. The Morgan fingerprint density at radius 1 is 1.31 bits per heavy atom. The van der Waals surface area contributed by atoms with Crippen LogP contribution in [-0.2, 0) is 4.74 Å². The van der Waals surface area contributed by atoms with E-state index in [-0.39, 0.29) is 5.60 Å². The summed E-state index contributed by atoms with van der Waals surface area (Å²) >= 11 is 0. The summed E-state index contributed by atoms with van der Waals surface area (Å²) in [5.74, 6) is 0.911. The Bertz CT molecular complexity index is 328. The molecule has 0 amide bonds. The molecule has 1 saturated heterocycles. The fourth-order valence-corrected chi connectivity index (χ4v) is 1.93. The smallest absolute Gasteiger partial charge is 0.119 e. The van der Waals surface area contributed by atoms with E-state index in [0.29, 0.717) is 6.61 Å². The summed E-state index contributed by atoms with van der Waals surface area (Å²) in [4.78, 5) is 0. The number of rotatable bonds is 4. The second-order valence-corrected chi connectivity index (χ2v) is 4.42. The molecule has 2 rings (SSSR count). The van der Waals surface area contributed by atoms with Crippen LogP contribution in [0.15, 0.2) is 24.3 Å². The third-order valence-corrected chi connectivity index (χ3v) is 3.16. The Morgan fingerprint density at radius 3 is 2.62 bits per heavy atom. The first kappa shape index (κ1) is 11.4. The molecule has 1 heterocycles. The van der Waals surface area contributed by atoms with Gasteiger partial charge in [-0.15, -0.1) is 0 Å². The minimum absolute atomic E-state index is 0.148. The highest BCUT2D eigenvalue weighted by atomic mass is 16.5. The third kappa shape index (κ3) is 2.54. The summed E-state index contributed by atoms with van der Waals surface area (Å²) in [6, 6.07) is 8.12. The van der Waals surface area contributed by atoms with Crippen LogP contribution in [0.2, 0.25) is 0 Å².